The number of aliphatic imine (C=N–C) groups is 1. The third-order valence-corrected chi connectivity index (χ3v) is 7.41. The molecule has 8 nitrogen and oxygen atoms in total. The van der Waals surface area contributed by atoms with Crippen LogP contribution in [0.4, 0.5) is 11.4 Å². The maximum absolute atomic E-state index is 13.1. The minimum Gasteiger partial charge on any atom is -0.444 e. The van der Waals surface area contributed by atoms with Crippen LogP contribution in [0.3, 0.4) is 0 Å². The van der Waals surface area contributed by atoms with Gasteiger partial charge in [0.2, 0.25) is 0 Å². The summed E-state index contributed by atoms with van der Waals surface area (Å²) in [5.74, 6) is 1.25. The molecule has 0 aliphatic heterocycles. The molecular weight excluding hydrogens is 500 g/mol. The number of aromatic nitrogens is 1. The summed E-state index contributed by atoms with van der Waals surface area (Å²) < 4.78 is 5.36. The van der Waals surface area contributed by atoms with Gasteiger partial charge >= 0.3 is 0 Å². The Balaban J connectivity index is 1.46. The number of oxazole rings is 1. The SMILES string of the molecule is C=Nc1cc(CNCC(C)(C)C)ccc1N(CNC(=O)c1ccc(-c2cnco2)cc1)C1CC(CCN(C)C)C1. The number of carbonyl (C=O) groups excluding carboxylic acids is 1. The van der Waals surface area contributed by atoms with Crippen molar-refractivity contribution < 1.29 is 9.21 Å². The van der Waals surface area contributed by atoms with Gasteiger partial charge in [0.05, 0.1) is 24.2 Å². The summed E-state index contributed by atoms with van der Waals surface area (Å²) in [7, 11) is 4.24. The average molecular weight is 545 g/mol. The Morgan fingerprint density at radius 1 is 1.15 bits per heavy atom. The monoisotopic (exact) mass is 544 g/mol. The van der Waals surface area contributed by atoms with Crippen molar-refractivity contribution in [2.75, 3.05) is 38.8 Å². The standard InChI is InChI=1S/C32H44N6O2/c1-32(2,3)20-34-18-24-7-12-29(28(17-24)33-4)38(27-15-23(16-27)13-14-37(5)6)21-36-31(39)26-10-8-25(9-11-26)30-19-35-22-40-30/h7-12,17,19,22-23,27,34H,4,13-16,18,20-21H2,1-3,5-6H3,(H,36,39). The van der Waals surface area contributed by atoms with Gasteiger partial charge < -0.3 is 24.9 Å². The molecule has 4 rings (SSSR count). The summed E-state index contributed by atoms with van der Waals surface area (Å²) in [5.41, 5.74) is 4.72. The fourth-order valence-corrected chi connectivity index (χ4v) is 5.08. The number of amides is 1. The average Bonchev–Trinajstić information content (AvgIpc) is 3.44. The van der Waals surface area contributed by atoms with E-state index in [0.717, 1.165) is 49.4 Å². The summed E-state index contributed by atoms with van der Waals surface area (Å²) >= 11 is 0. The molecule has 1 aromatic heterocycles. The van der Waals surface area contributed by atoms with E-state index in [1.54, 1.807) is 6.20 Å². The van der Waals surface area contributed by atoms with Gasteiger partial charge in [-0.25, -0.2) is 4.98 Å². The number of hydrogen-bond donors (Lipinski definition) is 2. The van der Waals surface area contributed by atoms with Gasteiger partial charge in [0.25, 0.3) is 5.91 Å². The molecule has 1 fully saturated rings. The van der Waals surface area contributed by atoms with Gasteiger partial charge in [0.1, 0.15) is 0 Å². The van der Waals surface area contributed by atoms with Crippen LogP contribution >= 0.6 is 0 Å². The van der Waals surface area contributed by atoms with E-state index in [-0.39, 0.29) is 11.3 Å². The van der Waals surface area contributed by atoms with E-state index in [1.807, 2.05) is 24.3 Å². The molecule has 0 atom stereocenters. The largest absolute Gasteiger partial charge is 0.444 e. The molecule has 1 aliphatic carbocycles. The van der Waals surface area contributed by atoms with E-state index in [1.165, 1.54) is 18.4 Å². The topological polar surface area (TPSA) is 86.0 Å². The Labute approximate surface area is 238 Å². The Bertz CT molecular complexity index is 1240. The molecule has 1 amide bonds. The van der Waals surface area contributed by atoms with Crippen LogP contribution in [-0.2, 0) is 6.54 Å². The highest BCUT2D eigenvalue weighted by Gasteiger charge is 2.34. The molecule has 1 aliphatic rings. The zero-order valence-electron chi connectivity index (χ0n) is 24.6. The van der Waals surface area contributed by atoms with E-state index in [0.29, 0.717) is 30.0 Å². The second-order valence-corrected chi connectivity index (χ2v) is 12.3. The highest BCUT2D eigenvalue weighted by atomic mass is 16.3. The van der Waals surface area contributed by atoms with Gasteiger partial charge in [0, 0.05) is 30.3 Å². The fourth-order valence-electron chi connectivity index (χ4n) is 5.08. The smallest absolute Gasteiger partial charge is 0.252 e. The molecule has 1 heterocycles. The van der Waals surface area contributed by atoms with Crippen molar-refractivity contribution in [1.82, 2.24) is 20.5 Å². The van der Waals surface area contributed by atoms with Crippen LogP contribution in [0.2, 0.25) is 0 Å². The second-order valence-electron chi connectivity index (χ2n) is 12.3. The van der Waals surface area contributed by atoms with Gasteiger partial charge in [-0.1, -0.05) is 39.0 Å². The van der Waals surface area contributed by atoms with Crippen molar-refractivity contribution in [2.45, 2.75) is 52.6 Å². The van der Waals surface area contributed by atoms with E-state index in [9.17, 15) is 4.79 Å². The number of anilines is 1. The lowest BCUT2D eigenvalue weighted by Gasteiger charge is -2.45. The van der Waals surface area contributed by atoms with Crippen LogP contribution < -0.4 is 15.5 Å². The summed E-state index contributed by atoms with van der Waals surface area (Å²) in [5, 5.41) is 6.69. The summed E-state index contributed by atoms with van der Waals surface area (Å²) in [6.45, 7) is 13.7. The van der Waals surface area contributed by atoms with E-state index < -0.39 is 0 Å². The fraction of sp³-hybridized carbons (Fsp3) is 0.469. The van der Waals surface area contributed by atoms with Crippen LogP contribution in [0.1, 0.15) is 56.0 Å². The molecule has 0 unspecified atom stereocenters. The number of rotatable bonds is 13. The van der Waals surface area contributed by atoms with Gasteiger partial charge in [0.15, 0.2) is 12.2 Å². The quantitative estimate of drug-likeness (QED) is 0.211. The summed E-state index contributed by atoms with van der Waals surface area (Å²) in [6.07, 6.45) is 6.44. The van der Waals surface area contributed by atoms with Crippen molar-refractivity contribution >= 4 is 24.0 Å². The molecular formula is C32H44N6O2. The summed E-state index contributed by atoms with van der Waals surface area (Å²) in [6, 6.07) is 14.1. The highest BCUT2D eigenvalue weighted by molar-refractivity contribution is 5.94. The first-order valence-corrected chi connectivity index (χ1v) is 14.1. The first-order chi connectivity index (χ1) is 19.1. The predicted octanol–water partition coefficient (Wildman–Crippen LogP) is 5.73. The molecule has 8 heteroatoms. The van der Waals surface area contributed by atoms with Crippen molar-refractivity contribution in [3.63, 3.8) is 0 Å². The molecule has 40 heavy (non-hydrogen) atoms. The molecule has 0 spiro atoms. The third kappa shape index (κ3) is 8.02. The van der Waals surface area contributed by atoms with Gasteiger partial charge in [-0.3, -0.25) is 9.79 Å². The van der Waals surface area contributed by atoms with Crippen molar-refractivity contribution in [1.29, 1.82) is 0 Å². The van der Waals surface area contributed by atoms with Crippen LogP contribution in [0.15, 0.2) is 64.5 Å². The number of benzene rings is 2. The van der Waals surface area contributed by atoms with E-state index in [4.69, 9.17) is 4.42 Å². The van der Waals surface area contributed by atoms with Crippen LogP contribution in [0.25, 0.3) is 11.3 Å². The van der Waals surface area contributed by atoms with Crippen molar-refractivity contribution in [2.24, 2.45) is 16.3 Å². The first-order valence-electron chi connectivity index (χ1n) is 14.1. The molecule has 1 saturated carbocycles. The Hall–Kier alpha value is -3.49. The van der Waals surface area contributed by atoms with Gasteiger partial charge in [-0.2, -0.15) is 0 Å². The molecule has 0 saturated heterocycles. The lowest BCUT2D eigenvalue weighted by Crippen LogP contribution is -2.50. The number of nitrogens with one attached hydrogen (secondary N) is 2. The predicted molar refractivity (Wildman–Crippen MR) is 163 cm³/mol. The Morgan fingerprint density at radius 3 is 2.52 bits per heavy atom. The summed E-state index contributed by atoms with van der Waals surface area (Å²) in [4.78, 5) is 26.0. The van der Waals surface area contributed by atoms with E-state index >= 15 is 0 Å². The first kappa shape index (κ1) is 29.5. The highest BCUT2D eigenvalue weighted by Crippen LogP contribution is 2.40. The van der Waals surface area contributed by atoms with Crippen LogP contribution in [0, 0.1) is 11.3 Å². The molecule has 2 N–H and O–H groups in total. The van der Waals surface area contributed by atoms with Gasteiger partial charge in [-0.05, 0) is 87.8 Å². The normalized spacial score (nSPS) is 16.9. The molecule has 214 valence electrons. The van der Waals surface area contributed by atoms with Crippen LogP contribution in [0.5, 0.6) is 0 Å². The molecule has 3 aromatic rings. The van der Waals surface area contributed by atoms with Gasteiger partial charge in [-0.15, -0.1) is 0 Å². The zero-order chi connectivity index (χ0) is 28.7. The maximum Gasteiger partial charge on any atom is 0.252 e. The Kier molecular flexibility index (Phi) is 9.76. The van der Waals surface area contributed by atoms with Crippen molar-refractivity contribution in [3.05, 3.63) is 66.2 Å². The molecule has 0 bridgehead atoms. The minimum absolute atomic E-state index is 0.117. The van der Waals surface area contributed by atoms with E-state index in [2.05, 4.69) is 90.2 Å². The molecule has 0 radical (unpaired) electrons. The molecule has 2 aromatic carbocycles. The second kappa shape index (κ2) is 13.2. The van der Waals surface area contributed by atoms with Crippen LogP contribution in [-0.4, -0.2) is 62.4 Å². The zero-order valence-corrected chi connectivity index (χ0v) is 24.6. The Morgan fingerprint density at radius 2 is 1.90 bits per heavy atom. The lowest BCUT2D eigenvalue weighted by atomic mass is 9.77. The number of hydrogen-bond acceptors (Lipinski definition) is 7. The van der Waals surface area contributed by atoms with Crippen molar-refractivity contribution in [3.8, 4) is 11.3 Å². The third-order valence-electron chi connectivity index (χ3n) is 7.41. The number of carbonyl (C=O) groups is 1. The lowest BCUT2D eigenvalue weighted by molar-refractivity contribution is 0.0949. The number of nitrogens with zero attached hydrogens (tertiary/aromatic N) is 4. The maximum atomic E-state index is 13.1. The minimum atomic E-state index is -0.117.